The molecular formula is C24H33N3O2+2. The lowest BCUT2D eigenvalue weighted by Crippen LogP contribution is -3.30. The van der Waals surface area contributed by atoms with Gasteiger partial charge in [-0.25, -0.2) is 0 Å². The fourth-order valence-electron chi connectivity index (χ4n) is 4.58. The molecule has 29 heavy (non-hydrogen) atoms. The summed E-state index contributed by atoms with van der Waals surface area (Å²) < 4.78 is 5.79. The van der Waals surface area contributed by atoms with Crippen LogP contribution in [-0.2, 0) is 9.53 Å². The number of hydrogen-bond acceptors (Lipinski definition) is 2. The summed E-state index contributed by atoms with van der Waals surface area (Å²) in [6, 6.07) is 18.2. The van der Waals surface area contributed by atoms with E-state index in [0.29, 0.717) is 6.10 Å². The van der Waals surface area contributed by atoms with E-state index in [0.717, 1.165) is 56.1 Å². The number of rotatable bonds is 6. The maximum atomic E-state index is 13.0. The van der Waals surface area contributed by atoms with Gasteiger partial charge in [0, 0.05) is 17.9 Å². The Balaban J connectivity index is 1.34. The second kappa shape index (κ2) is 9.53. The van der Waals surface area contributed by atoms with Crippen molar-refractivity contribution in [3.8, 4) is 11.1 Å². The molecule has 2 aromatic carbocycles. The number of carbonyl (C=O) groups is 1. The van der Waals surface area contributed by atoms with Gasteiger partial charge >= 0.3 is 0 Å². The largest absolute Gasteiger partial charge is 0.372 e. The van der Waals surface area contributed by atoms with Crippen LogP contribution in [0, 0.1) is 0 Å². The first kappa shape index (κ1) is 20.1. The lowest BCUT2D eigenvalue weighted by molar-refractivity contribution is -1.02. The number of piperazine rings is 1. The first-order valence-electron chi connectivity index (χ1n) is 11.0. The van der Waals surface area contributed by atoms with Crippen molar-refractivity contribution in [1.29, 1.82) is 0 Å². The highest BCUT2D eigenvalue weighted by Gasteiger charge is 2.32. The highest BCUT2D eigenvalue weighted by Crippen LogP contribution is 2.27. The fraction of sp³-hybridized carbons (Fsp3) is 0.458. The van der Waals surface area contributed by atoms with E-state index < -0.39 is 0 Å². The maximum absolute atomic E-state index is 13.0. The third-order valence-corrected chi connectivity index (χ3v) is 6.42. The molecule has 0 spiro atoms. The second-order valence-corrected chi connectivity index (χ2v) is 8.37. The molecule has 154 valence electrons. The van der Waals surface area contributed by atoms with Gasteiger partial charge in [-0.3, -0.25) is 4.79 Å². The molecule has 3 N–H and O–H groups in total. The molecule has 2 aliphatic rings. The van der Waals surface area contributed by atoms with Gasteiger partial charge in [0.2, 0.25) is 0 Å². The van der Waals surface area contributed by atoms with Crippen LogP contribution in [0.1, 0.15) is 19.8 Å². The number of nitrogens with one attached hydrogen (secondary N) is 3. The molecule has 0 bridgehead atoms. The Hall–Kier alpha value is -2.21. The molecule has 2 aliphatic heterocycles. The van der Waals surface area contributed by atoms with E-state index >= 15 is 0 Å². The molecule has 0 unspecified atom stereocenters. The minimum Gasteiger partial charge on any atom is -0.372 e. The topological polar surface area (TPSA) is 47.2 Å². The van der Waals surface area contributed by atoms with Gasteiger partial charge in [0.05, 0.1) is 0 Å². The number of carbonyl (C=O) groups excluding carboxylic acids is 1. The summed E-state index contributed by atoms with van der Waals surface area (Å²) in [5.74, 6) is 0.103. The number of amides is 1. The van der Waals surface area contributed by atoms with Crippen molar-refractivity contribution in [2.75, 3.05) is 44.6 Å². The third-order valence-electron chi connectivity index (χ3n) is 6.42. The molecule has 0 aliphatic carbocycles. The molecule has 4 rings (SSSR count). The van der Waals surface area contributed by atoms with Crippen LogP contribution in [-0.4, -0.2) is 57.4 Å². The van der Waals surface area contributed by atoms with Crippen LogP contribution in [0.3, 0.4) is 0 Å². The Labute approximate surface area is 173 Å². The molecule has 0 aromatic heterocycles. The number of quaternary nitrogens is 2. The molecule has 5 heteroatoms. The van der Waals surface area contributed by atoms with Crippen LogP contribution >= 0.6 is 0 Å². The van der Waals surface area contributed by atoms with Gasteiger partial charge in [-0.2, -0.15) is 0 Å². The van der Waals surface area contributed by atoms with E-state index in [-0.39, 0.29) is 11.9 Å². The van der Waals surface area contributed by atoms with Crippen LogP contribution < -0.4 is 15.1 Å². The Morgan fingerprint density at radius 2 is 1.79 bits per heavy atom. The van der Waals surface area contributed by atoms with Crippen LogP contribution in [0.4, 0.5) is 5.69 Å². The summed E-state index contributed by atoms with van der Waals surface area (Å²) in [4.78, 5) is 16.0. The molecular weight excluding hydrogens is 362 g/mol. The molecule has 2 fully saturated rings. The number of benzene rings is 2. The number of para-hydroxylation sites is 1. The molecule has 2 atom stereocenters. The zero-order chi connectivity index (χ0) is 20.1. The average molecular weight is 396 g/mol. The van der Waals surface area contributed by atoms with Crippen LogP contribution in [0.5, 0.6) is 0 Å². The smallest absolute Gasteiger partial charge is 0.282 e. The highest BCUT2D eigenvalue weighted by molar-refractivity contribution is 5.97. The second-order valence-electron chi connectivity index (χ2n) is 8.37. The van der Waals surface area contributed by atoms with E-state index in [9.17, 15) is 4.79 Å². The van der Waals surface area contributed by atoms with Crippen LogP contribution in [0.25, 0.3) is 11.1 Å². The SMILES string of the molecule is C[C@H](C(=O)Nc1ccccc1-c1ccccc1)[NH+]1CC[NH+](C[C@H]2CCCO2)CC1. The van der Waals surface area contributed by atoms with Crippen molar-refractivity contribution >= 4 is 11.6 Å². The Morgan fingerprint density at radius 1 is 1.07 bits per heavy atom. The summed E-state index contributed by atoms with van der Waals surface area (Å²) in [6.45, 7) is 8.42. The number of ether oxygens (including phenoxy) is 1. The molecule has 0 radical (unpaired) electrons. The van der Waals surface area contributed by atoms with Crippen molar-refractivity contribution < 1.29 is 19.3 Å². The lowest BCUT2D eigenvalue weighted by Gasteiger charge is -2.33. The summed E-state index contributed by atoms with van der Waals surface area (Å²) in [7, 11) is 0. The predicted molar refractivity (Wildman–Crippen MR) is 115 cm³/mol. The normalized spacial score (nSPS) is 25.5. The van der Waals surface area contributed by atoms with Gasteiger partial charge in [-0.05, 0) is 31.4 Å². The molecule has 0 saturated carbocycles. The first-order valence-corrected chi connectivity index (χ1v) is 11.0. The standard InChI is InChI=1S/C24H31N3O2/c1-19(27-15-13-26(14-16-27)18-21-10-7-17-29-21)24(28)25-23-12-6-5-11-22(23)20-8-3-2-4-9-20/h2-6,8-9,11-12,19,21H,7,10,13-18H2,1H3,(H,25,28)/p+2/t19-,21-/m1/s1. The van der Waals surface area contributed by atoms with Gasteiger partial charge < -0.3 is 19.9 Å². The van der Waals surface area contributed by atoms with Gasteiger partial charge in [-0.1, -0.05) is 48.5 Å². The van der Waals surface area contributed by atoms with Crippen molar-refractivity contribution in [3.63, 3.8) is 0 Å². The molecule has 5 nitrogen and oxygen atoms in total. The van der Waals surface area contributed by atoms with Gasteiger partial charge in [0.15, 0.2) is 6.04 Å². The van der Waals surface area contributed by atoms with E-state index in [1.54, 1.807) is 4.90 Å². The average Bonchev–Trinajstić information content (AvgIpc) is 3.28. The van der Waals surface area contributed by atoms with Crippen molar-refractivity contribution in [1.82, 2.24) is 0 Å². The lowest BCUT2D eigenvalue weighted by atomic mass is 10.0. The minimum atomic E-state index is -0.0527. The minimum absolute atomic E-state index is 0.0527. The molecule has 2 heterocycles. The van der Waals surface area contributed by atoms with Gasteiger partial charge in [0.1, 0.15) is 38.8 Å². The van der Waals surface area contributed by atoms with E-state index in [2.05, 4.69) is 30.4 Å². The monoisotopic (exact) mass is 395 g/mol. The van der Waals surface area contributed by atoms with E-state index in [1.165, 1.54) is 17.7 Å². The Bertz CT molecular complexity index is 797. The third kappa shape index (κ3) is 5.04. The highest BCUT2D eigenvalue weighted by atomic mass is 16.5. The molecule has 1 amide bonds. The van der Waals surface area contributed by atoms with Crippen molar-refractivity contribution in [2.24, 2.45) is 0 Å². The Kier molecular flexibility index (Phi) is 6.60. The summed E-state index contributed by atoms with van der Waals surface area (Å²) in [5.41, 5.74) is 3.07. The van der Waals surface area contributed by atoms with E-state index in [1.807, 2.05) is 36.4 Å². The first-order chi connectivity index (χ1) is 14.2. The number of anilines is 1. The Morgan fingerprint density at radius 3 is 2.52 bits per heavy atom. The maximum Gasteiger partial charge on any atom is 0.282 e. The number of hydrogen-bond donors (Lipinski definition) is 3. The quantitative estimate of drug-likeness (QED) is 0.672. The summed E-state index contributed by atoms with van der Waals surface area (Å²) >= 11 is 0. The summed E-state index contributed by atoms with van der Waals surface area (Å²) in [6.07, 6.45) is 2.86. The zero-order valence-corrected chi connectivity index (χ0v) is 17.3. The molecule has 2 aromatic rings. The predicted octanol–water partition coefficient (Wildman–Crippen LogP) is 0.643. The zero-order valence-electron chi connectivity index (χ0n) is 17.3. The van der Waals surface area contributed by atoms with Gasteiger partial charge in [0.25, 0.3) is 5.91 Å². The molecule has 2 saturated heterocycles. The fourth-order valence-corrected chi connectivity index (χ4v) is 4.58. The van der Waals surface area contributed by atoms with Crippen LogP contribution in [0.2, 0.25) is 0 Å². The van der Waals surface area contributed by atoms with Crippen molar-refractivity contribution in [2.45, 2.75) is 31.9 Å². The van der Waals surface area contributed by atoms with Crippen LogP contribution in [0.15, 0.2) is 54.6 Å². The summed E-state index contributed by atoms with van der Waals surface area (Å²) in [5, 5.41) is 3.19. The van der Waals surface area contributed by atoms with Crippen molar-refractivity contribution in [3.05, 3.63) is 54.6 Å². The van der Waals surface area contributed by atoms with E-state index in [4.69, 9.17) is 4.74 Å². The van der Waals surface area contributed by atoms with Gasteiger partial charge in [-0.15, -0.1) is 0 Å².